The molecule has 0 spiro atoms. The number of nitrogens with zero attached hydrogens (tertiary/aromatic N) is 2. The van der Waals surface area contributed by atoms with Crippen LogP contribution in [0.3, 0.4) is 0 Å². The lowest BCUT2D eigenvalue weighted by Crippen LogP contribution is -2.23. The maximum absolute atomic E-state index is 14.1. The zero-order valence-corrected chi connectivity index (χ0v) is 18.9. The first kappa shape index (κ1) is 23.3. The maximum atomic E-state index is 14.1. The Hall–Kier alpha value is -3.37. The van der Waals surface area contributed by atoms with Crippen molar-refractivity contribution in [1.82, 2.24) is 4.98 Å². The Labute approximate surface area is 189 Å². The van der Waals surface area contributed by atoms with Crippen molar-refractivity contribution in [2.75, 3.05) is 16.0 Å². The summed E-state index contributed by atoms with van der Waals surface area (Å²) in [6.07, 6.45) is 2.72. The molecule has 3 rings (SSSR count). The molecular formula is C22H20FN3O4S2. The van der Waals surface area contributed by atoms with Gasteiger partial charge in [-0.2, -0.15) is 0 Å². The van der Waals surface area contributed by atoms with Crippen LogP contribution < -0.4 is 10.2 Å². The Bertz CT molecular complexity index is 1270. The molecule has 0 unspecified atom stereocenters. The molecule has 0 radical (unpaired) electrons. The summed E-state index contributed by atoms with van der Waals surface area (Å²) in [5, 5.41) is 4.54. The smallest absolute Gasteiger partial charge is 0.248 e. The molecule has 166 valence electrons. The van der Waals surface area contributed by atoms with Gasteiger partial charge in [-0.25, -0.2) is 17.8 Å². The molecule has 0 aliphatic carbocycles. The highest BCUT2D eigenvalue weighted by molar-refractivity contribution is 7.91. The fourth-order valence-electron chi connectivity index (χ4n) is 2.75. The summed E-state index contributed by atoms with van der Waals surface area (Å²) in [6.45, 7) is 2.87. The third-order valence-electron chi connectivity index (χ3n) is 4.38. The van der Waals surface area contributed by atoms with Crippen molar-refractivity contribution in [2.24, 2.45) is 0 Å². The zero-order valence-electron chi connectivity index (χ0n) is 17.3. The van der Waals surface area contributed by atoms with Crippen LogP contribution in [0.4, 0.5) is 20.9 Å². The van der Waals surface area contributed by atoms with E-state index in [2.05, 4.69) is 10.3 Å². The number of para-hydroxylation sites is 1. The molecule has 0 saturated heterocycles. The molecule has 2 amide bonds. The van der Waals surface area contributed by atoms with Crippen LogP contribution in [0.1, 0.15) is 19.5 Å². The van der Waals surface area contributed by atoms with Gasteiger partial charge in [-0.05, 0) is 42.5 Å². The minimum atomic E-state index is -3.31. The molecule has 1 N–H and O–H groups in total. The highest BCUT2D eigenvalue weighted by Crippen LogP contribution is 2.31. The second kappa shape index (κ2) is 9.84. The lowest BCUT2D eigenvalue weighted by molar-refractivity contribution is -0.116. The SMILES string of the molecule is CCS(=O)(=O)c1ccc(NC(=O)/C=C/c2csc(N(C(C)=O)c3ccccc3F)n2)cc1. The molecule has 0 atom stereocenters. The van der Waals surface area contributed by atoms with Crippen LogP contribution in [0.25, 0.3) is 6.08 Å². The highest BCUT2D eigenvalue weighted by atomic mass is 32.2. The van der Waals surface area contributed by atoms with Gasteiger partial charge in [0.15, 0.2) is 15.0 Å². The first-order chi connectivity index (χ1) is 15.2. The van der Waals surface area contributed by atoms with Gasteiger partial charge in [-0.15, -0.1) is 11.3 Å². The minimum absolute atomic E-state index is 0.00492. The fourth-order valence-corrected chi connectivity index (χ4v) is 4.49. The number of hydrogen-bond acceptors (Lipinski definition) is 6. The van der Waals surface area contributed by atoms with Gasteiger partial charge in [-0.1, -0.05) is 19.1 Å². The van der Waals surface area contributed by atoms with E-state index >= 15 is 0 Å². The molecular weight excluding hydrogens is 453 g/mol. The van der Waals surface area contributed by atoms with Crippen LogP contribution in [-0.2, 0) is 19.4 Å². The first-order valence-electron chi connectivity index (χ1n) is 9.54. The third kappa shape index (κ3) is 5.45. The number of benzene rings is 2. The largest absolute Gasteiger partial charge is 0.323 e. The van der Waals surface area contributed by atoms with E-state index in [0.717, 1.165) is 11.3 Å². The van der Waals surface area contributed by atoms with E-state index in [1.54, 1.807) is 18.4 Å². The average molecular weight is 474 g/mol. The van der Waals surface area contributed by atoms with Crippen LogP contribution in [0.15, 0.2) is 64.9 Å². The van der Waals surface area contributed by atoms with Crippen molar-refractivity contribution in [2.45, 2.75) is 18.7 Å². The van der Waals surface area contributed by atoms with E-state index in [4.69, 9.17) is 0 Å². The normalized spacial score (nSPS) is 11.5. The quantitative estimate of drug-likeness (QED) is 0.513. The summed E-state index contributed by atoms with van der Waals surface area (Å²) < 4.78 is 37.8. The van der Waals surface area contributed by atoms with Crippen molar-refractivity contribution < 1.29 is 22.4 Å². The van der Waals surface area contributed by atoms with Gasteiger partial charge in [0.1, 0.15) is 5.82 Å². The second-order valence-electron chi connectivity index (χ2n) is 6.61. The first-order valence-corrected chi connectivity index (χ1v) is 12.1. The number of sulfone groups is 1. The van der Waals surface area contributed by atoms with Gasteiger partial charge in [0.25, 0.3) is 0 Å². The number of thiazole rings is 1. The molecule has 2 aromatic carbocycles. The summed E-state index contributed by atoms with van der Waals surface area (Å²) in [4.78, 5) is 29.9. The number of halogens is 1. The summed E-state index contributed by atoms with van der Waals surface area (Å²) >= 11 is 1.14. The van der Waals surface area contributed by atoms with Crippen LogP contribution in [0.5, 0.6) is 0 Å². The van der Waals surface area contributed by atoms with Gasteiger partial charge in [0.2, 0.25) is 11.8 Å². The average Bonchev–Trinajstić information content (AvgIpc) is 3.22. The van der Waals surface area contributed by atoms with Gasteiger partial charge < -0.3 is 5.32 Å². The Morgan fingerprint density at radius 2 is 1.84 bits per heavy atom. The summed E-state index contributed by atoms with van der Waals surface area (Å²) in [6, 6.07) is 11.8. The molecule has 0 saturated carbocycles. The molecule has 0 fully saturated rings. The second-order valence-corrected chi connectivity index (χ2v) is 9.73. The van der Waals surface area contributed by atoms with Crippen LogP contribution in [0.2, 0.25) is 0 Å². The van der Waals surface area contributed by atoms with E-state index < -0.39 is 27.5 Å². The number of amides is 2. The minimum Gasteiger partial charge on any atom is -0.323 e. The van der Waals surface area contributed by atoms with E-state index in [-0.39, 0.29) is 21.5 Å². The van der Waals surface area contributed by atoms with Crippen molar-refractivity contribution in [3.8, 4) is 0 Å². The van der Waals surface area contributed by atoms with Gasteiger partial charge in [0.05, 0.1) is 22.0 Å². The van der Waals surface area contributed by atoms with Crippen LogP contribution >= 0.6 is 11.3 Å². The van der Waals surface area contributed by atoms with E-state index in [0.29, 0.717) is 11.4 Å². The van der Waals surface area contributed by atoms with Crippen molar-refractivity contribution in [3.63, 3.8) is 0 Å². The van der Waals surface area contributed by atoms with Crippen molar-refractivity contribution in [1.29, 1.82) is 0 Å². The number of rotatable bonds is 7. The highest BCUT2D eigenvalue weighted by Gasteiger charge is 2.20. The number of carbonyl (C=O) groups excluding carboxylic acids is 2. The molecule has 32 heavy (non-hydrogen) atoms. The summed E-state index contributed by atoms with van der Waals surface area (Å²) in [7, 11) is -3.31. The van der Waals surface area contributed by atoms with Gasteiger partial charge in [0, 0.05) is 24.1 Å². The Balaban J connectivity index is 1.70. The number of anilines is 3. The Morgan fingerprint density at radius 1 is 1.16 bits per heavy atom. The summed E-state index contributed by atoms with van der Waals surface area (Å²) in [5.41, 5.74) is 0.958. The number of nitrogens with one attached hydrogen (secondary N) is 1. The topological polar surface area (TPSA) is 96.4 Å². The lowest BCUT2D eigenvalue weighted by Gasteiger charge is -2.18. The lowest BCUT2D eigenvalue weighted by atomic mass is 10.3. The van der Waals surface area contributed by atoms with Crippen LogP contribution in [-0.4, -0.2) is 31.0 Å². The number of carbonyl (C=O) groups is 2. The standard InChI is InChI=1S/C22H20FN3O4S2/c1-3-32(29,30)18-11-8-16(9-12-18)24-21(28)13-10-17-14-31-22(25-17)26(15(2)27)20-7-5-4-6-19(20)23/h4-14H,3H2,1-2H3,(H,24,28)/b13-10+. The maximum Gasteiger partial charge on any atom is 0.248 e. The third-order valence-corrected chi connectivity index (χ3v) is 6.97. The molecule has 1 heterocycles. The molecule has 10 heteroatoms. The Kier molecular flexibility index (Phi) is 7.16. The predicted octanol–water partition coefficient (Wildman–Crippen LogP) is 4.41. The molecule has 0 aliphatic rings. The molecule has 1 aromatic heterocycles. The van der Waals surface area contributed by atoms with Crippen molar-refractivity contribution >= 4 is 55.6 Å². The van der Waals surface area contributed by atoms with E-state index in [1.165, 1.54) is 66.4 Å². The molecule has 3 aromatic rings. The monoisotopic (exact) mass is 473 g/mol. The zero-order chi connectivity index (χ0) is 23.3. The Morgan fingerprint density at radius 3 is 2.47 bits per heavy atom. The molecule has 0 bridgehead atoms. The van der Waals surface area contributed by atoms with Crippen molar-refractivity contribution in [3.05, 3.63) is 71.5 Å². The predicted molar refractivity (Wildman–Crippen MR) is 123 cm³/mol. The van der Waals surface area contributed by atoms with Crippen LogP contribution in [0, 0.1) is 5.82 Å². The summed E-state index contributed by atoms with van der Waals surface area (Å²) in [5.74, 6) is -1.39. The van der Waals surface area contributed by atoms with E-state index in [9.17, 15) is 22.4 Å². The fraction of sp³-hybridized carbons (Fsp3) is 0.136. The number of hydrogen-bond donors (Lipinski definition) is 1. The molecule has 7 nitrogen and oxygen atoms in total. The van der Waals surface area contributed by atoms with Gasteiger partial charge in [-0.3, -0.25) is 14.5 Å². The van der Waals surface area contributed by atoms with E-state index in [1.807, 2.05) is 0 Å². The van der Waals surface area contributed by atoms with Gasteiger partial charge >= 0.3 is 0 Å². The number of aromatic nitrogens is 1. The molecule has 0 aliphatic heterocycles.